The van der Waals surface area contributed by atoms with Gasteiger partial charge in [0.2, 0.25) is 11.8 Å². The van der Waals surface area contributed by atoms with Gasteiger partial charge >= 0.3 is 5.97 Å². The fourth-order valence-electron chi connectivity index (χ4n) is 2.64. The predicted octanol–water partition coefficient (Wildman–Crippen LogP) is 1.20. The highest BCUT2D eigenvalue weighted by molar-refractivity contribution is 8.00. The van der Waals surface area contributed by atoms with Crippen molar-refractivity contribution in [2.75, 3.05) is 56.2 Å². The number of piperazine rings is 1. The second kappa shape index (κ2) is 10.9. The van der Waals surface area contributed by atoms with Crippen LogP contribution in [0.2, 0.25) is 0 Å². The molecule has 0 aliphatic carbocycles. The maximum absolute atomic E-state index is 13.1. The van der Waals surface area contributed by atoms with Gasteiger partial charge in [-0.1, -0.05) is 6.07 Å². The van der Waals surface area contributed by atoms with E-state index >= 15 is 0 Å². The number of hydrogen-bond donors (Lipinski definition) is 1. The smallest absolute Gasteiger partial charge is 0.315 e. The zero-order valence-electron chi connectivity index (χ0n) is 15.3. The van der Waals surface area contributed by atoms with Crippen LogP contribution in [0.4, 0.5) is 10.1 Å². The summed E-state index contributed by atoms with van der Waals surface area (Å²) in [6.45, 7) is 4.51. The molecule has 1 fully saturated rings. The lowest BCUT2D eigenvalue weighted by molar-refractivity contribution is -0.139. The molecule has 1 aromatic rings. The third-order valence-electron chi connectivity index (χ3n) is 3.95. The summed E-state index contributed by atoms with van der Waals surface area (Å²) in [5.41, 5.74) is 0.424. The van der Waals surface area contributed by atoms with Crippen molar-refractivity contribution in [3.05, 3.63) is 30.1 Å². The molecule has 1 saturated heterocycles. The highest BCUT2D eigenvalue weighted by Gasteiger charge is 2.22. The zero-order chi connectivity index (χ0) is 19.6. The number of benzene rings is 1. The van der Waals surface area contributed by atoms with Gasteiger partial charge in [0.15, 0.2) is 0 Å². The van der Waals surface area contributed by atoms with E-state index in [0.29, 0.717) is 38.5 Å². The Balaban J connectivity index is 1.66. The third kappa shape index (κ3) is 7.56. The van der Waals surface area contributed by atoms with E-state index in [9.17, 15) is 18.8 Å². The van der Waals surface area contributed by atoms with E-state index in [1.54, 1.807) is 17.9 Å². The van der Waals surface area contributed by atoms with Gasteiger partial charge in [0.1, 0.15) is 5.82 Å². The molecule has 0 saturated carbocycles. The van der Waals surface area contributed by atoms with Crippen LogP contribution in [0.3, 0.4) is 0 Å². The molecule has 2 amide bonds. The van der Waals surface area contributed by atoms with Crippen LogP contribution in [-0.2, 0) is 19.1 Å². The zero-order valence-corrected chi connectivity index (χ0v) is 16.1. The topological polar surface area (TPSA) is 79.0 Å². The van der Waals surface area contributed by atoms with Gasteiger partial charge in [0.05, 0.1) is 24.7 Å². The molecule has 1 aliphatic rings. The van der Waals surface area contributed by atoms with Crippen molar-refractivity contribution in [1.29, 1.82) is 0 Å². The first-order chi connectivity index (χ1) is 13.0. The standard InChI is InChI=1S/C18H24FN3O4S/c1-2-26-18(25)13-27-12-17(24)22-8-6-21(7-9-22)11-16(23)20-15-5-3-4-14(19)10-15/h3-5,10H,2,6-9,11-13H2,1H3,(H,20,23). The molecule has 0 bridgehead atoms. The summed E-state index contributed by atoms with van der Waals surface area (Å²) in [4.78, 5) is 39.2. The van der Waals surface area contributed by atoms with Crippen LogP contribution in [-0.4, -0.2) is 78.4 Å². The summed E-state index contributed by atoms with van der Waals surface area (Å²) in [5, 5.41) is 2.66. The molecule has 0 spiro atoms. The number of carbonyl (C=O) groups is 3. The van der Waals surface area contributed by atoms with Crippen molar-refractivity contribution in [3.8, 4) is 0 Å². The number of halogens is 1. The summed E-state index contributed by atoms with van der Waals surface area (Å²) in [5.74, 6) is -0.553. The van der Waals surface area contributed by atoms with Crippen molar-refractivity contribution in [3.63, 3.8) is 0 Å². The first-order valence-electron chi connectivity index (χ1n) is 8.77. The number of ether oxygens (including phenoxy) is 1. The van der Waals surface area contributed by atoms with Gasteiger partial charge in [0.25, 0.3) is 0 Å². The lowest BCUT2D eigenvalue weighted by Gasteiger charge is -2.34. The van der Waals surface area contributed by atoms with E-state index in [0.717, 1.165) is 0 Å². The maximum atomic E-state index is 13.1. The molecule has 1 heterocycles. The van der Waals surface area contributed by atoms with Crippen LogP contribution >= 0.6 is 11.8 Å². The number of anilines is 1. The molecule has 7 nitrogen and oxygen atoms in total. The van der Waals surface area contributed by atoms with Gasteiger partial charge in [-0.3, -0.25) is 19.3 Å². The van der Waals surface area contributed by atoms with Crippen LogP contribution in [0.25, 0.3) is 0 Å². The highest BCUT2D eigenvalue weighted by atomic mass is 32.2. The van der Waals surface area contributed by atoms with Gasteiger partial charge in [-0.2, -0.15) is 0 Å². The molecular weight excluding hydrogens is 373 g/mol. The quantitative estimate of drug-likeness (QED) is 0.665. The second-order valence-electron chi connectivity index (χ2n) is 6.01. The summed E-state index contributed by atoms with van der Waals surface area (Å²) in [7, 11) is 0. The van der Waals surface area contributed by atoms with E-state index < -0.39 is 5.82 Å². The van der Waals surface area contributed by atoms with E-state index in [1.807, 2.05) is 4.90 Å². The lowest BCUT2D eigenvalue weighted by Crippen LogP contribution is -2.51. The minimum Gasteiger partial charge on any atom is -0.465 e. The van der Waals surface area contributed by atoms with Crippen molar-refractivity contribution in [2.24, 2.45) is 0 Å². The molecule has 0 radical (unpaired) electrons. The van der Waals surface area contributed by atoms with Gasteiger partial charge in [-0.15, -0.1) is 11.8 Å². The summed E-state index contributed by atoms with van der Waals surface area (Å²) < 4.78 is 18.0. The van der Waals surface area contributed by atoms with Crippen molar-refractivity contribution in [1.82, 2.24) is 9.80 Å². The number of thioether (sulfide) groups is 1. The van der Waals surface area contributed by atoms with Crippen LogP contribution in [0, 0.1) is 5.82 Å². The summed E-state index contributed by atoms with van der Waals surface area (Å²) in [6, 6.07) is 5.75. The Bertz CT molecular complexity index is 666. The molecule has 1 aromatic carbocycles. The van der Waals surface area contributed by atoms with Gasteiger partial charge < -0.3 is 15.0 Å². The minimum atomic E-state index is -0.402. The Morgan fingerprint density at radius 2 is 1.93 bits per heavy atom. The molecule has 1 N–H and O–H groups in total. The normalized spacial score (nSPS) is 14.7. The molecule has 0 aromatic heterocycles. The second-order valence-corrected chi connectivity index (χ2v) is 7.00. The van der Waals surface area contributed by atoms with E-state index in [4.69, 9.17) is 4.74 Å². The molecule has 9 heteroatoms. The van der Waals surface area contributed by atoms with E-state index in [1.165, 1.54) is 30.0 Å². The van der Waals surface area contributed by atoms with Crippen LogP contribution in [0.5, 0.6) is 0 Å². The number of esters is 1. The average molecular weight is 397 g/mol. The highest BCUT2D eigenvalue weighted by Crippen LogP contribution is 2.10. The minimum absolute atomic E-state index is 0.0202. The first-order valence-corrected chi connectivity index (χ1v) is 9.92. The summed E-state index contributed by atoms with van der Waals surface area (Å²) in [6.07, 6.45) is 0. The monoisotopic (exact) mass is 397 g/mol. The number of nitrogens with one attached hydrogen (secondary N) is 1. The van der Waals surface area contributed by atoms with Crippen LogP contribution in [0.15, 0.2) is 24.3 Å². The number of amides is 2. The Hall–Kier alpha value is -2.13. The Labute approximate surface area is 162 Å². The molecule has 27 heavy (non-hydrogen) atoms. The fourth-order valence-corrected chi connectivity index (χ4v) is 3.35. The van der Waals surface area contributed by atoms with Crippen LogP contribution in [0.1, 0.15) is 6.92 Å². The number of hydrogen-bond acceptors (Lipinski definition) is 6. The number of nitrogens with zero attached hydrogens (tertiary/aromatic N) is 2. The molecule has 148 valence electrons. The lowest BCUT2D eigenvalue weighted by atomic mass is 10.3. The van der Waals surface area contributed by atoms with Gasteiger partial charge in [-0.05, 0) is 25.1 Å². The van der Waals surface area contributed by atoms with Crippen molar-refractivity contribution in [2.45, 2.75) is 6.92 Å². The van der Waals surface area contributed by atoms with E-state index in [2.05, 4.69) is 5.32 Å². The molecule has 2 rings (SSSR count). The SMILES string of the molecule is CCOC(=O)CSCC(=O)N1CCN(CC(=O)Nc2cccc(F)c2)CC1. The third-order valence-corrected chi connectivity index (χ3v) is 4.84. The van der Waals surface area contributed by atoms with Crippen molar-refractivity contribution >= 4 is 35.2 Å². The molecule has 0 unspecified atom stereocenters. The van der Waals surface area contributed by atoms with Crippen molar-refractivity contribution < 1.29 is 23.5 Å². The Kier molecular flexibility index (Phi) is 8.53. The number of rotatable bonds is 8. The predicted molar refractivity (Wildman–Crippen MR) is 102 cm³/mol. The number of carbonyl (C=O) groups excluding carboxylic acids is 3. The maximum Gasteiger partial charge on any atom is 0.315 e. The Morgan fingerprint density at radius 3 is 2.59 bits per heavy atom. The molecular formula is C18H24FN3O4S. The van der Waals surface area contributed by atoms with E-state index in [-0.39, 0.29) is 35.8 Å². The molecule has 1 aliphatic heterocycles. The largest absolute Gasteiger partial charge is 0.465 e. The summed E-state index contributed by atoms with van der Waals surface area (Å²) >= 11 is 1.24. The van der Waals surface area contributed by atoms with Gasteiger partial charge in [0, 0.05) is 31.9 Å². The van der Waals surface area contributed by atoms with Gasteiger partial charge in [-0.25, -0.2) is 4.39 Å². The molecule has 0 atom stereocenters. The Morgan fingerprint density at radius 1 is 1.19 bits per heavy atom. The average Bonchev–Trinajstić information content (AvgIpc) is 2.62. The first kappa shape index (κ1) is 21.2. The fraction of sp³-hybridized carbons (Fsp3) is 0.500. The van der Waals surface area contributed by atoms with Crippen LogP contribution < -0.4 is 5.32 Å².